The molecule has 2 saturated heterocycles. The van der Waals surface area contributed by atoms with Crippen molar-refractivity contribution in [2.45, 2.75) is 37.9 Å². The number of nitrogens with zero attached hydrogens (tertiary/aromatic N) is 1. The number of hydrogen-bond acceptors (Lipinski definition) is 7. The predicted molar refractivity (Wildman–Crippen MR) is 120 cm³/mol. The Morgan fingerprint density at radius 3 is 2.71 bits per heavy atom. The number of anilines is 1. The summed E-state index contributed by atoms with van der Waals surface area (Å²) in [6, 6.07) is 10.1. The zero-order valence-corrected chi connectivity index (χ0v) is 18.9. The van der Waals surface area contributed by atoms with Gasteiger partial charge < -0.3 is 19.9 Å². The van der Waals surface area contributed by atoms with E-state index in [1.54, 1.807) is 24.3 Å². The Hall–Kier alpha value is -3.92. The molecule has 2 fully saturated rings. The second kappa shape index (κ2) is 7.54. The van der Waals surface area contributed by atoms with E-state index >= 15 is 0 Å². The molecule has 3 N–H and O–H groups in total. The van der Waals surface area contributed by atoms with Crippen molar-refractivity contribution in [1.82, 2.24) is 10.2 Å². The van der Waals surface area contributed by atoms with Crippen LogP contribution in [0.15, 0.2) is 36.4 Å². The summed E-state index contributed by atoms with van der Waals surface area (Å²) in [5.74, 6) is -2.98. The lowest BCUT2D eigenvalue weighted by Gasteiger charge is -2.29. The van der Waals surface area contributed by atoms with Gasteiger partial charge in [0, 0.05) is 23.7 Å². The molecule has 2 unspecified atom stereocenters. The number of aryl methyl sites for hydroxylation is 1. The lowest BCUT2D eigenvalue weighted by atomic mass is 9.76. The second-order valence-corrected chi connectivity index (χ2v) is 9.45. The summed E-state index contributed by atoms with van der Waals surface area (Å²) in [6.45, 7) is 2.02. The van der Waals surface area contributed by atoms with Crippen molar-refractivity contribution in [1.29, 1.82) is 0 Å². The average molecular weight is 477 g/mol. The SMILES string of the molecule is Cc1ccc2c(c1)C1(NC(CCC(=O)O)[C@H]3C(=O)N(Cc4ccc5c(c4)OCO5)C(=O)[C@H]31)C(=O)N2. The van der Waals surface area contributed by atoms with Crippen molar-refractivity contribution < 1.29 is 33.8 Å². The van der Waals surface area contributed by atoms with Crippen LogP contribution in [0.25, 0.3) is 0 Å². The van der Waals surface area contributed by atoms with E-state index in [1.807, 2.05) is 19.1 Å². The normalized spacial score (nSPS) is 28.0. The fourth-order valence-corrected chi connectivity index (χ4v) is 5.88. The number of ether oxygens (including phenoxy) is 2. The van der Waals surface area contributed by atoms with Crippen LogP contribution in [0.2, 0.25) is 0 Å². The van der Waals surface area contributed by atoms with Crippen LogP contribution in [-0.2, 0) is 31.3 Å². The largest absolute Gasteiger partial charge is 0.481 e. The first-order valence-corrected chi connectivity index (χ1v) is 11.5. The van der Waals surface area contributed by atoms with Gasteiger partial charge in [-0.1, -0.05) is 23.8 Å². The molecule has 0 aromatic heterocycles. The molecule has 4 atom stereocenters. The predicted octanol–water partition coefficient (Wildman–Crippen LogP) is 1.51. The number of fused-ring (bicyclic) bond motifs is 5. The molecular weight excluding hydrogens is 454 g/mol. The highest BCUT2D eigenvalue weighted by atomic mass is 16.7. The summed E-state index contributed by atoms with van der Waals surface area (Å²) >= 11 is 0. The van der Waals surface area contributed by atoms with E-state index in [9.17, 15) is 24.3 Å². The number of carbonyl (C=O) groups excluding carboxylic acids is 3. The third-order valence-electron chi connectivity index (χ3n) is 7.41. The maximum atomic E-state index is 13.8. The molecule has 0 radical (unpaired) electrons. The van der Waals surface area contributed by atoms with Gasteiger partial charge in [-0.05, 0) is 37.1 Å². The Morgan fingerprint density at radius 1 is 1.11 bits per heavy atom. The Balaban J connectivity index is 1.40. The molecule has 6 rings (SSSR count). The molecule has 0 bridgehead atoms. The number of amides is 3. The number of carboxylic acids is 1. The Morgan fingerprint density at radius 2 is 1.91 bits per heavy atom. The number of nitrogens with one attached hydrogen (secondary N) is 2. The number of carbonyl (C=O) groups is 4. The summed E-state index contributed by atoms with van der Waals surface area (Å²) in [5.41, 5.74) is 1.35. The summed E-state index contributed by atoms with van der Waals surface area (Å²) in [7, 11) is 0. The van der Waals surface area contributed by atoms with Crippen LogP contribution in [-0.4, -0.2) is 46.5 Å². The maximum absolute atomic E-state index is 13.8. The Kier molecular flexibility index (Phi) is 4.65. The van der Waals surface area contributed by atoms with Crippen molar-refractivity contribution in [3.05, 3.63) is 53.1 Å². The molecule has 2 aromatic rings. The minimum atomic E-state index is -1.44. The van der Waals surface area contributed by atoms with Crippen molar-refractivity contribution >= 4 is 29.4 Å². The quantitative estimate of drug-likeness (QED) is 0.552. The smallest absolute Gasteiger partial charge is 0.303 e. The van der Waals surface area contributed by atoms with E-state index in [0.717, 1.165) is 5.56 Å². The van der Waals surface area contributed by atoms with Gasteiger partial charge in [-0.25, -0.2) is 0 Å². The minimum Gasteiger partial charge on any atom is -0.481 e. The third-order valence-corrected chi connectivity index (χ3v) is 7.41. The highest BCUT2D eigenvalue weighted by molar-refractivity contribution is 6.15. The molecule has 0 aliphatic carbocycles. The molecule has 10 nitrogen and oxygen atoms in total. The first-order chi connectivity index (χ1) is 16.8. The van der Waals surface area contributed by atoms with Crippen LogP contribution >= 0.6 is 0 Å². The molecular formula is C25H23N3O7. The van der Waals surface area contributed by atoms with E-state index < -0.39 is 47.1 Å². The molecule has 180 valence electrons. The number of hydrogen-bond donors (Lipinski definition) is 3. The number of imide groups is 1. The number of rotatable bonds is 5. The number of aliphatic carboxylic acids is 1. The molecule has 2 aromatic carbocycles. The van der Waals surface area contributed by atoms with Crippen molar-refractivity contribution in [3.63, 3.8) is 0 Å². The first-order valence-electron chi connectivity index (χ1n) is 11.5. The zero-order valence-electron chi connectivity index (χ0n) is 18.9. The highest BCUT2D eigenvalue weighted by Crippen LogP contribution is 2.54. The van der Waals surface area contributed by atoms with Crippen molar-refractivity contribution in [3.8, 4) is 11.5 Å². The zero-order chi connectivity index (χ0) is 24.5. The van der Waals surface area contributed by atoms with E-state index in [4.69, 9.17) is 9.47 Å². The van der Waals surface area contributed by atoms with Crippen LogP contribution in [0.3, 0.4) is 0 Å². The van der Waals surface area contributed by atoms with Gasteiger partial charge in [0.05, 0.1) is 18.4 Å². The second-order valence-electron chi connectivity index (χ2n) is 9.45. The molecule has 4 aliphatic rings. The molecule has 3 amide bonds. The van der Waals surface area contributed by atoms with Crippen molar-refractivity contribution in [2.24, 2.45) is 11.8 Å². The van der Waals surface area contributed by atoms with Gasteiger partial charge in [0.15, 0.2) is 11.5 Å². The summed E-state index contributed by atoms with van der Waals surface area (Å²) < 4.78 is 10.7. The minimum absolute atomic E-state index is 0.0192. The van der Waals surface area contributed by atoms with Gasteiger partial charge in [-0.15, -0.1) is 0 Å². The van der Waals surface area contributed by atoms with E-state index in [0.29, 0.717) is 28.3 Å². The molecule has 4 aliphatic heterocycles. The Labute approximate surface area is 200 Å². The van der Waals surface area contributed by atoms with E-state index in [-0.39, 0.29) is 26.2 Å². The molecule has 10 heteroatoms. The number of benzene rings is 2. The monoisotopic (exact) mass is 477 g/mol. The summed E-state index contributed by atoms with van der Waals surface area (Å²) in [4.78, 5) is 53.4. The van der Waals surface area contributed by atoms with Crippen LogP contribution in [0.1, 0.15) is 29.5 Å². The third kappa shape index (κ3) is 3.06. The first kappa shape index (κ1) is 21.6. The van der Waals surface area contributed by atoms with E-state index in [2.05, 4.69) is 10.6 Å². The summed E-state index contributed by atoms with van der Waals surface area (Å²) in [5, 5.41) is 15.4. The lowest BCUT2D eigenvalue weighted by Crippen LogP contribution is -2.53. The molecule has 1 spiro atoms. The van der Waals surface area contributed by atoms with Gasteiger partial charge in [0.1, 0.15) is 5.54 Å². The Bertz CT molecular complexity index is 1310. The molecule has 35 heavy (non-hydrogen) atoms. The standard InChI is InChI=1S/C25H23N3O7/c1-12-2-4-15-14(8-12)25(24(33)26-15)21-20(16(27-25)5-7-19(29)30)22(31)28(23(21)32)10-13-3-6-17-18(9-13)35-11-34-17/h2-4,6,8-9,16,20-21,27H,5,7,10-11H2,1H3,(H,26,33)(H,29,30)/t16?,20-,21+,25?/m1/s1. The average Bonchev–Trinajstić information content (AvgIpc) is 3.55. The molecule has 0 saturated carbocycles. The van der Waals surface area contributed by atoms with Crippen molar-refractivity contribution in [2.75, 3.05) is 12.1 Å². The van der Waals surface area contributed by atoms with Crippen LogP contribution in [0.5, 0.6) is 11.5 Å². The van der Waals surface area contributed by atoms with Gasteiger partial charge in [0.2, 0.25) is 24.5 Å². The van der Waals surface area contributed by atoms with Gasteiger partial charge in [-0.3, -0.25) is 29.4 Å². The fraction of sp³-hybridized carbons (Fsp3) is 0.360. The number of carboxylic acid groups (broad SMARTS) is 1. The van der Waals surface area contributed by atoms with Gasteiger partial charge in [0.25, 0.3) is 0 Å². The van der Waals surface area contributed by atoms with Gasteiger partial charge >= 0.3 is 5.97 Å². The van der Waals surface area contributed by atoms with E-state index in [1.165, 1.54) is 4.90 Å². The topological polar surface area (TPSA) is 134 Å². The van der Waals surface area contributed by atoms with Crippen LogP contribution in [0.4, 0.5) is 5.69 Å². The highest BCUT2D eigenvalue weighted by Gasteiger charge is 2.70. The fourth-order valence-electron chi connectivity index (χ4n) is 5.88. The maximum Gasteiger partial charge on any atom is 0.303 e. The molecule has 4 heterocycles. The number of likely N-dealkylation sites (tertiary alicyclic amines) is 1. The summed E-state index contributed by atoms with van der Waals surface area (Å²) in [6.07, 6.45) is -0.0769. The van der Waals surface area contributed by atoms with Gasteiger partial charge in [-0.2, -0.15) is 0 Å². The van der Waals surface area contributed by atoms with Crippen LogP contribution in [0, 0.1) is 18.8 Å². The lowest BCUT2D eigenvalue weighted by molar-refractivity contribution is -0.144. The van der Waals surface area contributed by atoms with Crippen LogP contribution < -0.4 is 20.1 Å².